The van der Waals surface area contributed by atoms with Crippen molar-refractivity contribution in [3.63, 3.8) is 0 Å². The van der Waals surface area contributed by atoms with Crippen molar-refractivity contribution in [1.82, 2.24) is 20.3 Å². The van der Waals surface area contributed by atoms with Crippen molar-refractivity contribution < 1.29 is 14.3 Å². The molecule has 9 heteroatoms. The summed E-state index contributed by atoms with van der Waals surface area (Å²) in [6.45, 7) is 4.40. The highest BCUT2D eigenvalue weighted by Crippen LogP contribution is 2.29. The molecule has 2 heterocycles. The standard InChI is InChI=1S/C28H34N6O3/c1-3-32-34(22-15-16-33(19-22)26(35)10-7-17-36-2)28-25(27(29)30-20-31-28)18-21-11-13-24(14-12-21)37-23-8-5-4-6-9-23/h4-14,20,22,32H,3,15-19H2,1-2H3,(H2,29,30,31)/b10-7+. The highest BCUT2D eigenvalue weighted by atomic mass is 16.5. The molecule has 1 amide bonds. The second kappa shape index (κ2) is 12.8. The Bertz CT molecular complexity index is 1190. The molecule has 0 bridgehead atoms. The van der Waals surface area contributed by atoms with Crippen LogP contribution in [0.2, 0.25) is 0 Å². The maximum atomic E-state index is 12.6. The van der Waals surface area contributed by atoms with E-state index < -0.39 is 0 Å². The molecule has 2 aromatic carbocycles. The second-order valence-electron chi connectivity index (χ2n) is 8.76. The number of carbonyl (C=O) groups is 1. The number of para-hydroxylation sites is 1. The monoisotopic (exact) mass is 502 g/mol. The number of likely N-dealkylation sites (tertiary alicyclic amines) is 1. The van der Waals surface area contributed by atoms with Gasteiger partial charge >= 0.3 is 0 Å². The molecule has 9 nitrogen and oxygen atoms in total. The van der Waals surface area contributed by atoms with E-state index in [9.17, 15) is 4.79 Å². The SMILES string of the molecule is CCNN(c1ncnc(N)c1Cc1ccc(Oc2ccccc2)cc1)C1CCN(C(=O)/C=C/COC)C1. The first kappa shape index (κ1) is 26.1. The van der Waals surface area contributed by atoms with Gasteiger partial charge in [0.05, 0.1) is 12.6 Å². The van der Waals surface area contributed by atoms with Gasteiger partial charge < -0.3 is 20.1 Å². The maximum absolute atomic E-state index is 12.6. The van der Waals surface area contributed by atoms with Crippen LogP contribution in [0.5, 0.6) is 11.5 Å². The van der Waals surface area contributed by atoms with E-state index in [1.807, 2.05) is 71.4 Å². The lowest BCUT2D eigenvalue weighted by atomic mass is 10.0. The number of nitrogens with one attached hydrogen (secondary N) is 1. The van der Waals surface area contributed by atoms with Crippen molar-refractivity contribution >= 4 is 17.5 Å². The number of hydrazine groups is 1. The minimum Gasteiger partial charge on any atom is -0.457 e. The number of benzene rings is 2. The number of hydrogen-bond donors (Lipinski definition) is 2. The number of nitrogen functional groups attached to an aromatic ring is 1. The van der Waals surface area contributed by atoms with Crippen LogP contribution in [0.3, 0.4) is 0 Å². The summed E-state index contributed by atoms with van der Waals surface area (Å²) in [7, 11) is 1.60. The molecule has 1 saturated heterocycles. The van der Waals surface area contributed by atoms with Gasteiger partial charge in [0.25, 0.3) is 0 Å². The maximum Gasteiger partial charge on any atom is 0.246 e. The third-order valence-corrected chi connectivity index (χ3v) is 6.16. The van der Waals surface area contributed by atoms with Crippen molar-refractivity contribution in [1.29, 1.82) is 0 Å². The molecule has 0 aliphatic carbocycles. The molecule has 1 atom stereocenters. The van der Waals surface area contributed by atoms with Gasteiger partial charge in [-0.05, 0) is 36.2 Å². The summed E-state index contributed by atoms with van der Waals surface area (Å²) in [5.74, 6) is 2.70. The van der Waals surface area contributed by atoms with E-state index in [0.717, 1.165) is 34.9 Å². The van der Waals surface area contributed by atoms with Crippen molar-refractivity contribution in [3.05, 3.63) is 84.2 Å². The summed E-state index contributed by atoms with van der Waals surface area (Å²) in [6, 6.07) is 17.7. The van der Waals surface area contributed by atoms with Crippen LogP contribution in [0, 0.1) is 0 Å². The summed E-state index contributed by atoms with van der Waals surface area (Å²) in [4.78, 5) is 23.3. The van der Waals surface area contributed by atoms with E-state index in [1.54, 1.807) is 19.3 Å². The Morgan fingerprint density at radius 2 is 1.92 bits per heavy atom. The van der Waals surface area contributed by atoms with Crippen LogP contribution in [0.4, 0.5) is 11.6 Å². The Balaban J connectivity index is 1.50. The lowest BCUT2D eigenvalue weighted by Gasteiger charge is -2.32. The zero-order chi connectivity index (χ0) is 26.0. The van der Waals surface area contributed by atoms with Crippen LogP contribution >= 0.6 is 0 Å². The molecule has 1 aliphatic heterocycles. The Morgan fingerprint density at radius 3 is 2.65 bits per heavy atom. The number of hydrogen-bond acceptors (Lipinski definition) is 8. The summed E-state index contributed by atoms with van der Waals surface area (Å²) in [5, 5.41) is 2.05. The third kappa shape index (κ3) is 6.84. The Morgan fingerprint density at radius 1 is 1.16 bits per heavy atom. The summed E-state index contributed by atoms with van der Waals surface area (Å²) in [6.07, 6.45) is 6.16. The quantitative estimate of drug-likeness (QED) is 0.303. The summed E-state index contributed by atoms with van der Waals surface area (Å²) >= 11 is 0. The number of carbonyl (C=O) groups excluding carboxylic acids is 1. The highest BCUT2D eigenvalue weighted by Gasteiger charge is 2.32. The van der Waals surface area contributed by atoms with Gasteiger partial charge in [-0.1, -0.05) is 43.3 Å². The number of nitrogens with two attached hydrogens (primary N) is 1. The molecule has 1 aromatic heterocycles. The second-order valence-corrected chi connectivity index (χ2v) is 8.76. The number of methoxy groups -OCH3 is 1. The molecule has 3 aromatic rings. The molecule has 0 saturated carbocycles. The van der Waals surface area contributed by atoms with Gasteiger partial charge in [-0.2, -0.15) is 0 Å². The zero-order valence-electron chi connectivity index (χ0n) is 21.3. The Labute approximate surface area is 217 Å². The first-order valence-corrected chi connectivity index (χ1v) is 12.5. The van der Waals surface area contributed by atoms with E-state index in [1.165, 1.54) is 6.33 Å². The predicted molar refractivity (Wildman–Crippen MR) is 144 cm³/mol. The van der Waals surface area contributed by atoms with Crippen LogP contribution in [-0.2, 0) is 16.0 Å². The van der Waals surface area contributed by atoms with Crippen molar-refractivity contribution in [2.45, 2.75) is 25.8 Å². The fourth-order valence-electron chi connectivity index (χ4n) is 4.35. The third-order valence-electron chi connectivity index (χ3n) is 6.16. The molecule has 37 heavy (non-hydrogen) atoms. The topological polar surface area (TPSA) is 106 Å². The molecule has 4 rings (SSSR count). The smallest absolute Gasteiger partial charge is 0.246 e. The van der Waals surface area contributed by atoms with Crippen LogP contribution in [0.1, 0.15) is 24.5 Å². The van der Waals surface area contributed by atoms with E-state index in [4.69, 9.17) is 15.2 Å². The Kier molecular flexibility index (Phi) is 9.07. The largest absolute Gasteiger partial charge is 0.457 e. The van der Waals surface area contributed by atoms with Gasteiger partial charge in [0.15, 0.2) is 5.82 Å². The molecule has 0 radical (unpaired) electrons. The number of anilines is 2. The normalized spacial score (nSPS) is 15.3. The molecule has 0 spiro atoms. The van der Waals surface area contributed by atoms with Crippen LogP contribution in [-0.4, -0.2) is 60.2 Å². The highest BCUT2D eigenvalue weighted by molar-refractivity contribution is 5.87. The number of amides is 1. The fourth-order valence-corrected chi connectivity index (χ4v) is 4.35. The number of nitrogens with zero attached hydrogens (tertiary/aromatic N) is 4. The molecule has 194 valence electrons. The van der Waals surface area contributed by atoms with Crippen molar-refractivity contribution in [3.8, 4) is 11.5 Å². The molecule has 3 N–H and O–H groups in total. The van der Waals surface area contributed by atoms with E-state index in [2.05, 4.69) is 15.4 Å². The van der Waals surface area contributed by atoms with Crippen LogP contribution in [0.15, 0.2) is 73.1 Å². The first-order valence-electron chi connectivity index (χ1n) is 12.5. The summed E-state index contributed by atoms with van der Waals surface area (Å²) in [5.41, 5.74) is 11.7. The van der Waals surface area contributed by atoms with E-state index in [0.29, 0.717) is 38.5 Å². The predicted octanol–water partition coefficient (Wildman–Crippen LogP) is 3.58. The number of aromatic nitrogens is 2. The van der Waals surface area contributed by atoms with Gasteiger partial charge in [-0.15, -0.1) is 0 Å². The van der Waals surface area contributed by atoms with Crippen molar-refractivity contribution in [2.75, 3.05) is 44.1 Å². The van der Waals surface area contributed by atoms with Gasteiger partial charge in [-0.25, -0.2) is 15.4 Å². The van der Waals surface area contributed by atoms with Gasteiger partial charge in [0, 0.05) is 44.8 Å². The van der Waals surface area contributed by atoms with Gasteiger partial charge in [0.2, 0.25) is 5.91 Å². The van der Waals surface area contributed by atoms with E-state index in [-0.39, 0.29) is 11.9 Å². The molecule has 1 fully saturated rings. The number of ether oxygens (including phenoxy) is 2. The van der Waals surface area contributed by atoms with Crippen LogP contribution < -0.4 is 20.9 Å². The molecular formula is C28H34N6O3. The van der Waals surface area contributed by atoms with Gasteiger partial charge in [0.1, 0.15) is 23.6 Å². The van der Waals surface area contributed by atoms with Crippen molar-refractivity contribution in [2.24, 2.45) is 0 Å². The minimum atomic E-state index is -0.0174. The molecule has 1 unspecified atom stereocenters. The minimum absolute atomic E-state index is 0.0174. The molecule has 1 aliphatic rings. The first-order chi connectivity index (χ1) is 18.1. The molecular weight excluding hydrogens is 468 g/mol. The number of rotatable bonds is 11. The fraction of sp³-hybridized carbons (Fsp3) is 0.321. The summed E-state index contributed by atoms with van der Waals surface area (Å²) < 4.78 is 10.9. The average Bonchev–Trinajstić information content (AvgIpc) is 3.41. The Hall–Kier alpha value is -3.95. The lowest BCUT2D eigenvalue weighted by Crippen LogP contribution is -2.48. The average molecular weight is 503 g/mol. The van der Waals surface area contributed by atoms with Gasteiger partial charge in [-0.3, -0.25) is 9.80 Å². The zero-order valence-corrected chi connectivity index (χ0v) is 21.3. The van der Waals surface area contributed by atoms with Crippen LogP contribution in [0.25, 0.3) is 0 Å². The lowest BCUT2D eigenvalue weighted by molar-refractivity contribution is -0.125. The van der Waals surface area contributed by atoms with E-state index >= 15 is 0 Å².